The third-order valence-corrected chi connectivity index (χ3v) is 2.53. The zero-order chi connectivity index (χ0) is 13.5. The Morgan fingerprint density at radius 1 is 1.32 bits per heavy atom. The molecule has 0 heterocycles. The molecule has 1 rings (SSSR count). The fourth-order valence-electron chi connectivity index (χ4n) is 1.57. The van der Waals surface area contributed by atoms with Crippen LogP contribution in [0.25, 0.3) is 0 Å². The molecule has 108 valence electrons. The molecule has 0 radical (unpaired) electrons. The van der Waals surface area contributed by atoms with Gasteiger partial charge in [0.15, 0.2) is 11.5 Å². The Hall–Kier alpha value is -1.46. The van der Waals surface area contributed by atoms with Crippen molar-refractivity contribution < 1.29 is 19.0 Å². The van der Waals surface area contributed by atoms with Crippen molar-refractivity contribution in [3.63, 3.8) is 0 Å². The van der Waals surface area contributed by atoms with Gasteiger partial charge in [0.05, 0.1) is 27.2 Å². The summed E-state index contributed by atoms with van der Waals surface area (Å²) in [5.41, 5.74) is 6.74. The Balaban J connectivity index is 0.00000324. The van der Waals surface area contributed by atoms with Crippen molar-refractivity contribution >= 4 is 18.4 Å². The molecule has 0 aliphatic rings. The summed E-state index contributed by atoms with van der Waals surface area (Å²) < 4.78 is 15.2. The van der Waals surface area contributed by atoms with Crippen LogP contribution < -0.4 is 15.2 Å². The Labute approximate surface area is 119 Å². The summed E-state index contributed by atoms with van der Waals surface area (Å²) in [5, 5.41) is 0. The molecule has 6 heteroatoms. The fourth-order valence-corrected chi connectivity index (χ4v) is 1.57. The number of esters is 1. The number of benzene rings is 1. The normalized spacial score (nSPS) is 11.2. The summed E-state index contributed by atoms with van der Waals surface area (Å²) in [6.07, 6.45) is 0.133. The number of nitrogens with two attached hydrogens (primary N) is 1. The summed E-state index contributed by atoms with van der Waals surface area (Å²) in [7, 11) is 2.92. The molecule has 0 aromatic heterocycles. The smallest absolute Gasteiger partial charge is 0.307 e. The van der Waals surface area contributed by atoms with Crippen LogP contribution in [-0.4, -0.2) is 26.8 Å². The van der Waals surface area contributed by atoms with Gasteiger partial charge in [0.2, 0.25) is 0 Å². The first-order chi connectivity index (χ1) is 8.62. The van der Waals surface area contributed by atoms with Gasteiger partial charge in [-0.15, -0.1) is 12.4 Å². The van der Waals surface area contributed by atoms with Crippen LogP contribution in [0.1, 0.15) is 24.9 Å². The number of methoxy groups -OCH3 is 2. The lowest BCUT2D eigenvalue weighted by molar-refractivity contribution is -0.141. The van der Waals surface area contributed by atoms with E-state index >= 15 is 0 Å². The van der Waals surface area contributed by atoms with Crippen molar-refractivity contribution in [3.05, 3.63) is 23.8 Å². The Morgan fingerprint density at radius 2 is 2.00 bits per heavy atom. The van der Waals surface area contributed by atoms with Crippen LogP contribution in [0.15, 0.2) is 18.2 Å². The standard InChI is InChI=1S/C13H19NO4.ClH/c1-4-18-12-7-9(5-6-11(12)16-2)10(14)8-13(15)17-3;/h5-7,10H,4,8,14H2,1-3H3;1H. The number of hydrogen-bond acceptors (Lipinski definition) is 5. The Bertz CT molecular complexity index is 412. The molecule has 2 N–H and O–H groups in total. The van der Waals surface area contributed by atoms with Gasteiger partial charge in [0, 0.05) is 6.04 Å². The van der Waals surface area contributed by atoms with Crippen molar-refractivity contribution in [2.75, 3.05) is 20.8 Å². The molecule has 0 bridgehead atoms. The maximum atomic E-state index is 11.2. The quantitative estimate of drug-likeness (QED) is 0.812. The number of halogens is 1. The molecule has 1 aromatic carbocycles. The molecular weight excluding hydrogens is 270 g/mol. The average Bonchev–Trinajstić information content (AvgIpc) is 2.38. The number of rotatable bonds is 6. The van der Waals surface area contributed by atoms with Crippen molar-refractivity contribution in [1.82, 2.24) is 0 Å². The van der Waals surface area contributed by atoms with E-state index in [0.29, 0.717) is 18.1 Å². The highest BCUT2D eigenvalue weighted by atomic mass is 35.5. The van der Waals surface area contributed by atoms with Crippen LogP contribution in [0.4, 0.5) is 0 Å². The van der Waals surface area contributed by atoms with E-state index in [4.69, 9.17) is 15.2 Å². The maximum Gasteiger partial charge on any atom is 0.307 e. The predicted molar refractivity (Wildman–Crippen MR) is 75.0 cm³/mol. The van der Waals surface area contributed by atoms with Gasteiger partial charge in [-0.05, 0) is 24.6 Å². The zero-order valence-corrected chi connectivity index (χ0v) is 12.2. The highest BCUT2D eigenvalue weighted by Crippen LogP contribution is 2.30. The van der Waals surface area contributed by atoms with E-state index in [1.165, 1.54) is 7.11 Å². The molecule has 0 saturated carbocycles. The molecule has 1 atom stereocenters. The van der Waals surface area contributed by atoms with Crippen LogP contribution in [0.2, 0.25) is 0 Å². The van der Waals surface area contributed by atoms with Gasteiger partial charge in [-0.3, -0.25) is 4.79 Å². The summed E-state index contributed by atoms with van der Waals surface area (Å²) in [6.45, 7) is 2.42. The first kappa shape index (κ1) is 17.5. The van der Waals surface area contributed by atoms with Crippen LogP contribution in [0.3, 0.4) is 0 Å². The lowest BCUT2D eigenvalue weighted by Crippen LogP contribution is -2.16. The van der Waals surface area contributed by atoms with Gasteiger partial charge < -0.3 is 19.9 Å². The lowest BCUT2D eigenvalue weighted by atomic mass is 10.0. The Kier molecular flexibility index (Phi) is 7.95. The van der Waals surface area contributed by atoms with Crippen LogP contribution in [0, 0.1) is 0 Å². The number of carbonyl (C=O) groups excluding carboxylic acids is 1. The van der Waals surface area contributed by atoms with Gasteiger partial charge in [-0.2, -0.15) is 0 Å². The molecule has 0 aliphatic heterocycles. The third kappa shape index (κ3) is 4.96. The second-order valence-electron chi connectivity index (χ2n) is 3.73. The van der Waals surface area contributed by atoms with Crippen LogP contribution >= 0.6 is 12.4 Å². The fraction of sp³-hybridized carbons (Fsp3) is 0.462. The maximum absolute atomic E-state index is 11.2. The third-order valence-electron chi connectivity index (χ3n) is 2.53. The van der Waals surface area contributed by atoms with E-state index in [9.17, 15) is 4.79 Å². The zero-order valence-electron chi connectivity index (χ0n) is 11.3. The summed E-state index contributed by atoms with van der Waals surface area (Å²) in [6, 6.07) is 4.96. The average molecular weight is 290 g/mol. The second kappa shape index (κ2) is 8.61. The highest BCUT2D eigenvalue weighted by molar-refractivity contribution is 5.85. The first-order valence-corrected chi connectivity index (χ1v) is 5.75. The summed E-state index contributed by atoms with van der Waals surface area (Å²) in [4.78, 5) is 11.2. The van der Waals surface area contributed by atoms with E-state index in [0.717, 1.165) is 5.56 Å². The van der Waals surface area contributed by atoms with Crippen molar-refractivity contribution in [3.8, 4) is 11.5 Å². The second-order valence-corrected chi connectivity index (χ2v) is 3.73. The number of carbonyl (C=O) groups is 1. The highest BCUT2D eigenvalue weighted by Gasteiger charge is 2.14. The van der Waals surface area contributed by atoms with Gasteiger partial charge in [-0.25, -0.2) is 0 Å². The van der Waals surface area contributed by atoms with Gasteiger partial charge in [-0.1, -0.05) is 6.07 Å². The number of hydrogen-bond donors (Lipinski definition) is 1. The number of ether oxygens (including phenoxy) is 3. The molecule has 0 aliphatic carbocycles. The monoisotopic (exact) mass is 289 g/mol. The molecule has 0 amide bonds. The van der Waals surface area contributed by atoms with E-state index in [-0.39, 0.29) is 24.8 Å². The molecule has 0 fully saturated rings. The molecule has 5 nitrogen and oxygen atoms in total. The summed E-state index contributed by atoms with van der Waals surface area (Å²) in [5.74, 6) is 0.931. The van der Waals surface area contributed by atoms with E-state index in [1.807, 2.05) is 13.0 Å². The molecule has 0 saturated heterocycles. The molecule has 19 heavy (non-hydrogen) atoms. The SMILES string of the molecule is CCOc1cc(C(N)CC(=O)OC)ccc1OC.Cl. The molecule has 1 unspecified atom stereocenters. The predicted octanol–water partition coefficient (Wildman–Crippen LogP) is 2.08. The minimum atomic E-state index is -0.414. The minimum absolute atomic E-state index is 0. The van der Waals surface area contributed by atoms with Crippen molar-refractivity contribution in [1.29, 1.82) is 0 Å². The lowest BCUT2D eigenvalue weighted by Gasteiger charge is -2.14. The van der Waals surface area contributed by atoms with Crippen LogP contribution in [0.5, 0.6) is 11.5 Å². The first-order valence-electron chi connectivity index (χ1n) is 5.75. The van der Waals surface area contributed by atoms with Gasteiger partial charge >= 0.3 is 5.97 Å². The van der Waals surface area contributed by atoms with E-state index < -0.39 is 6.04 Å². The molecule has 1 aromatic rings. The largest absolute Gasteiger partial charge is 0.493 e. The minimum Gasteiger partial charge on any atom is -0.493 e. The van der Waals surface area contributed by atoms with Gasteiger partial charge in [0.1, 0.15) is 0 Å². The van der Waals surface area contributed by atoms with Crippen molar-refractivity contribution in [2.24, 2.45) is 5.73 Å². The molecular formula is C13H20ClNO4. The molecule has 0 spiro atoms. The van der Waals surface area contributed by atoms with Crippen LogP contribution in [-0.2, 0) is 9.53 Å². The topological polar surface area (TPSA) is 70.8 Å². The van der Waals surface area contributed by atoms with E-state index in [2.05, 4.69) is 4.74 Å². The van der Waals surface area contributed by atoms with E-state index in [1.54, 1.807) is 19.2 Å². The van der Waals surface area contributed by atoms with Crippen molar-refractivity contribution in [2.45, 2.75) is 19.4 Å². The van der Waals surface area contributed by atoms with Gasteiger partial charge in [0.25, 0.3) is 0 Å². The summed E-state index contributed by atoms with van der Waals surface area (Å²) >= 11 is 0. The Morgan fingerprint density at radius 3 is 2.53 bits per heavy atom.